The van der Waals surface area contributed by atoms with E-state index < -0.39 is 0 Å². The third-order valence-corrected chi connectivity index (χ3v) is 5.01. The Morgan fingerprint density at radius 3 is 2.61 bits per heavy atom. The fourth-order valence-corrected chi connectivity index (χ4v) is 3.37. The van der Waals surface area contributed by atoms with Gasteiger partial charge in [-0.1, -0.05) is 35.5 Å². The third-order valence-electron chi connectivity index (χ3n) is 4.08. The highest BCUT2D eigenvalue weighted by Gasteiger charge is 2.23. The number of thioether (sulfide) groups is 1. The summed E-state index contributed by atoms with van der Waals surface area (Å²) < 4.78 is 4.88. The molecule has 0 spiro atoms. The average Bonchev–Trinajstić information content (AvgIpc) is 3.21. The van der Waals surface area contributed by atoms with Gasteiger partial charge in [-0.05, 0) is 19.4 Å². The second-order valence-electron chi connectivity index (χ2n) is 6.59. The summed E-state index contributed by atoms with van der Waals surface area (Å²) in [5.74, 6) is 1.60. The molecule has 148 valence electrons. The third kappa shape index (κ3) is 5.85. The molecule has 3 rings (SSSR count). The van der Waals surface area contributed by atoms with Crippen molar-refractivity contribution in [3.63, 3.8) is 0 Å². The van der Waals surface area contributed by atoms with E-state index in [-0.39, 0.29) is 29.4 Å². The molecule has 0 radical (unpaired) electrons. The van der Waals surface area contributed by atoms with Crippen molar-refractivity contribution in [2.24, 2.45) is 5.10 Å². The molecule has 2 N–H and O–H groups in total. The number of hydrazone groups is 1. The molecule has 0 fully saturated rings. The van der Waals surface area contributed by atoms with Crippen LogP contribution in [0.15, 0.2) is 46.0 Å². The molecule has 1 aliphatic heterocycles. The fraction of sp³-hybridized carbons (Fsp3) is 0.368. The number of amidine groups is 1. The maximum Gasteiger partial charge on any atom is 0.235 e. The second kappa shape index (κ2) is 9.41. The lowest BCUT2D eigenvalue weighted by Crippen LogP contribution is -2.31. The van der Waals surface area contributed by atoms with Crippen molar-refractivity contribution in [3.05, 3.63) is 47.7 Å². The first-order valence-electron chi connectivity index (χ1n) is 8.98. The van der Waals surface area contributed by atoms with Crippen molar-refractivity contribution in [2.75, 3.05) is 16.8 Å². The Hall–Kier alpha value is -2.81. The van der Waals surface area contributed by atoms with Crippen LogP contribution in [0, 0.1) is 6.92 Å². The first-order valence-corrected chi connectivity index (χ1v) is 10.1. The van der Waals surface area contributed by atoms with Gasteiger partial charge in [0.2, 0.25) is 11.8 Å². The standard InChI is InChI=1S/C19H23N5O3S/c1-13-8-16(22-24(13)10-15-6-4-3-5-7-15)20-18(25)11-28-12-19(26)21-17-9-14(2)27-23-17/h3-7,9,13H,8,10-12H2,1-2H3,(H,20,22,25)(H,21,23,26)/t13-/m1/s1. The number of aryl methyl sites for hydroxylation is 1. The fourth-order valence-electron chi connectivity index (χ4n) is 2.76. The van der Waals surface area contributed by atoms with Crippen LogP contribution >= 0.6 is 11.8 Å². The van der Waals surface area contributed by atoms with Crippen molar-refractivity contribution < 1.29 is 14.1 Å². The number of rotatable bonds is 7. The minimum absolute atomic E-state index is 0.155. The van der Waals surface area contributed by atoms with Crippen molar-refractivity contribution in [1.29, 1.82) is 0 Å². The topological polar surface area (TPSA) is 99.8 Å². The first kappa shape index (κ1) is 19.9. The summed E-state index contributed by atoms with van der Waals surface area (Å²) in [5.41, 5.74) is 1.18. The summed E-state index contributed by atoms with van der Waals surface area (Å²) in [7, 11) is 0. The van der Waals surface area contributed by atoms with Crippen LogP contribution in [0.25, 0.3) is 0 Å². The molecule has 0 saturated carbocycles. The van der Waals surface area contributed by atoms with Gasteiger partial charge in [-0.25, -0.2) is 0 Å². The number of nitrogens with one attached hydrogen (secondary N) is 2. The summed E-state index contributed by atoms with van der Waals surface area (Å²) in [6.45, 7) is 4.53. The summed E-state index contributed by atoms with van der Waals surface area (Å²) in [5, 5.41) is 15.6. The van der Waals surface area contributed by atoms with Crippen molar-refractivity contribution >= 4 is 35.2 Å². The largest absolute Gasteiger partial charge is 0.360 e. The molecule has 1 aromatic heterocycles. The van der Waals surface area contributed by atoms with Crippen molar-refractivity contribution in [2.45, 2.75) is 32.9 Å². The highest BCUT2D eigenvalue weighted by molar-refractivity contribution is 8.00. The van der Waals surface area contributed by atoms with E-state index in [1.165, 1.54) is 17.3 Å². The Labute approximate surface area is 167 Å². The second-order valence-corrected chi connectivity index (χ2v) is 7.58. The van der Waals surface area contributed by atoms with Gasteiger partial charge >= 0.3 is 0 Å². The molecule has 28 heavy (non-hydrogen) atoms. The van der Waals surface area contributed by atoms with Crippen molar-refractivity contribution in [1.82, 2.24) is 15.5 Å². The highest BCUT2D eigenvalue weighted by Crippen LogP contribution is 2.17. The number of carbonyl (C=O) groups excluding carboxylic acids is 2. The molecule has 1 atom stereocenters. The van der Waals surface area contributed by atoms with E-state index in [9.17, 15) is 9.59 Å². The number of hydrogen-bond donors (Lipinski definition) is 2. The molecule has 0 aliphatic carbocycles. The van der Waals surface area contributed by atoms with Crippen LogP contribution in [-0.4, -0.2) is 45.4 Å². The predicted octanol–water partition coefficient (Wildman–Crippen LogP) is 2.38. The molecule has 8 nitrogen and oxygen atoms in total. The number of hydrogen-bond acceptors (Lipinski definition) is 7. The maximum atomic E-state index is 12.1. The Bertz CT molecular complexity index is 852. The van der Waals surface area contributed by atoms with Crippen LogP contribution in [-0.2, 0) is 16.1 Å². The Morgan fingerprint density at radius 1 is 1.21 bits per heavy atom. The predicted molar refractivity (Wildman–Crippen MR) is 109 cm³/mol. The SMILES string of the molecule is Cc1cc(NC(=O)CSCC(=O)NC2=NN(Cc3ccccc3)[C@H](C)C2)no1. The van der Waals surface area contributed by atoms with E-state index in [0.29, 0.717) is 30.4 Å². The van der Waals surface area contributed by atoms with Crippen LogP contribution in [0.1, 0.15) is 24.7 Å². The Kier molecular flexibility index (Phi) is 6.70. The minimum Gasteiger partial charge on any atom is -0.360 e. The molecular weight excluding hydrogens is 378 g/mol. The summed E-state index contributed by atoms with van der Waals surface area (Å²) in [6.07, 6.45) is 0.690. The lowest BCUT2D eigenvalue weighted by atomic mass is 10.2. The first-order chi connectivity index (χ1) is 13.5. The van der Waals surface area contributed by atoms with Gasteiger partial charge in [0.05, 0.1) is 24.1 Å². The highest BCUT2D eigenvalue weighted by atomic mass is 32.2. The zero-order valence-corrected chi connectivity index (χ0v) is 16.7. The van der Waals surface area contributed by atoms with Crippen LogP contribution in [0.4, 0.5) is 5.82 Å². The lowest BCUT2D eigenvalue weighted by molar-refractivity contribution is -0.117. The molecule has 1 aliphatic rings. The van der Waals surface area contributed by atoms with Crippen molar-refractivity contribution in [3.8, 4) is 0 Å². The van der Waals surface area contributed by atoms with Gasteiger partial charge in [0.15, 0.2) is 5.82 Å². The number of aromatic nitrogens is 1. The summed E-state index contributed by atoms with van der Waals surface area (Å²) in [4.78, 5) is 24.0. The molecule has 0 unspecified atom stereocenters. The van der Waals surface area contributed by atoms with Gasteiger partial charge in [-0.2, -0.15) is 5.10 Å². The average molecular weight is 401 g/mol. The molecule has 0 bridgehead atoms. The van der Waals surface area contributed by atoms with Gasteiger partial charge < -0.3 is 15.2 Å². The molecule has 1 aromatic carbocycles. The van der Waals surface area contributed by atoms with E-state index in [2.05, 4.69) is 39.9 Å². The molecule has 2 amide bonds. The number of nitrogens with zero attached hydrogens (tertiary/aromatic N) is 3. The maximum absolute atomic E-state index is 12.1. The molecule has 2 aromatic rings. The number of carbonyl (C=O) groups is 2. The summed E-state index contributed by atoms with van der Waals surface area (Å²) >= 11 is 1.23. The van der Waals surface area contributed by atoms with Gasteiger partial charge in [-0.3, -0.25) is 14.6 Å². The van der Waals surface area contributed by atoms with E-state index in [4.69, 9.17) is 4.52 Å². The van der Waals surface area contributed by atoms with E-state index in [1.807, 2.05) is 23.2 Å². The van der Waals surface area contributed by atoms with Crippen LogP contribution in [0.3, 0.4) is 0 Å². The number of benzene rings is 1. The van der Waals surface area contributed by atoms with E-state index >= 15 is 0 Å². The van der Waals surface area contributed by atoms with Gasteiger partial charge in [-0.15, -0.1) is 11.8 Å². The number of anilines is 1. The molecule has 9 heteroatoms. The zero-order chi connectivity index (χ0) is 19.9. The minimum atomic E-state index is -0.230. The molecular formula is C19H23N5O3S. The normalized spacial score (nSPS) is 16.0. The van der Waals surface area contributed by atoms with Gasteiger partial charge in [0.1, 0.15) is 11.6 Å². The molecule has 0 saturated heterocycles. The van der Waals surface area contributed by atoms with Gasteiger partial charge in [0, 0.05) is 12.5 Å². The van der Waals surface area contributed by atoms with Crippen LogP contribution < -0.4 is 10.6 Å². The van der Waals surface area contributed by atoms with Crippen LogP contribution in [0.5, 0.6) is 0 Å². The van der Waals surface area contributed by atoms with Gasteiger partial charge in [0.25, 0.3) is 0 Å². The lowest BCUT2D eigenvalue weighted by Gasteiger charge is -2.19. The van der Waals surface area contributed by atoms with E-state index in [0.717, 1.165) is 0 Å². The summed E-state index contributed by atoms with van der Waals surface area (Å²) in [6, 6.07) is 12.0. The smallest absolute Gasteiger partial charge is 0.235 e. The monoisotopic (exact) mass is 401 g/mol. The Morgan fingerprint density at radius 2 is 1.93 bits per heavy atom. The van der Waals surface area contributed by atoms with Crippen LogP contribution in [0.2, 0.25) is 0 Å². The zero-order valence-electron chi connectivity index (χ0n) is 15.8. The number of amides is 2. The Balaban J connectivity index is 1.39. The van der Waals surface area contributed by atoms with E-state index in [1.54, 1.807) is 13.0 Å². The molecule has 2 heterocycles. The quantitative estimate of drug-likeness (QED) is 0.739.